The second kappa shape index (κ2) is 3.54. The van der Waals surface area contributed by atoms with Gasteiger partial charge >= 0.3 is 0 Å². The number of ether oxygens (including phenoxy) is 1. The summed E-state index contributed by atoms with van der Waals surface area (Å²) in [5.74, 6) is 0.559. The van der Waals surface area contributed by atoms with Gasteiger partial charge in [-0.1, -0.05) is 18.2 Å². The van der Waals surface area contributed by atoms with E-state index in [-0.39, 0.29) is 0 Å². The molecule has 0 unspecified atom stereocenters. The minimum atomic E-state index is 0.549. The van der Waals surface area contributed by atoms with Crippen molar-refractivity contribution in [3.8, 4) is 5.88 Å². The number of rotatable bonds is 3. The largest absolute Gasteiger partial charge is 0.479 e. The SMILES string of the molecule is CCOc1[nH]c2ccccc2c1C=O. The first-order valence-corrected chi connectivity index (χ1v) is 4.55. The highest BCUT2D eigenvalue weighted by atomic mass is 16.5. The van der Waals surface area contributed by atoms with Gasteiger partial charge in [0.25, 0.3) is 0 Å². The van der Waals surface area contributed by atoms with Gasteiger partial charge in [-0.3, -0.25) is 4.79 Å². The zero-order chi connectivity index (χ0) is 9.97. The zero-order valence-corrected chi connectivity index (χ0v) is 7.91. The Morgan fingerprint density at radius 1 is 1.43 bits per heavy atom. The molecule has 2 rings (SSSR count). The highest BCUT2D eigenvalue weighted by molar-refractivity contribution is 6.00. The average Bonchev–Trinajstić information content (AvgIpc) is 2.55. The molecule has 14 heavy (non-hydrogen) atoms. The molecule has 0 fully saturated rings. The minimum Gasteiger partial charge on any atom is -0.479 e. The van der Waals surface area contributed by atoms with Gasteiger partial charge in [-0.2, -0.15) is 0 Å². The van der Waals surface area contributed by atoms with Crippen molar-refractivity contribution in [2.45, 2.75) is 6.92 Å². The fourth-order valence-corrected chi connectivity index (χ4v) is 1.51. The number of H-pyrrole nitrogens is 1. The van der Waals surface area contributed by atoms with Gasteiger partial charge in [0.2, 0.25) is 5.88 Å². The van der Waals surface area contributed by atoms with E-state index in [0.29, 0.717) is 18.1 Å². The van der Waals surface area contributed by atoms with Crippen molar-refractivity contribution in [1.82, 2.24) is 4.98 Å². The molecule has 0 saturated heterocycles. The summed E-state index contributed by atoms with van der Waals surface area (Å²) >= 11 is 0. The van der Waals surface area contributed by atoms with Gasteiger partial charge in [-0.25, -0.2) is 0 Å². The van der Waals surface area contributed by atoms with Crippen LogP contribution in [0.5, 0.6) is 5.88 Å². The molecule has 3 nitrogen and oxygen atoms in total. The van der Waals surface area contributed by atoms with Gasteiger partial charge in [0, 0.05) is 10.9 Å². The fraction of sp³-hybridized carbons (Fsp3) is 0.182. The number of benzene rings is 1. The van der Waals surface area contributed by atoms with Gasteiger partial charge in [0.15, 0.2) is 6.29 Å². The van der Waals surface area contributed by atoms with Crippen LogP contribution in [0, 0.1) is 0 Å². The number of para-hydroxylation sites is 1. The lowest BCUT2D eigenvalue weighted by Gasteiger charge is -1.98. The zero-order valence-electron chi connectivity index (χ0n) is 7.91. The molecule has 1 aromatic heterocycles. The van der Waals surface area contributed by atoms with Crippen LogP contribution in [-0.4, -0.2) is 17.9 Å². The molecule has 0 aliphatic heterocycles. The fourth-order valence-electron chi connectivity index (χ4n) is 1.51. The van der Waals surface area contributed by atoms with E-state index >= 15 is 0 Å². The summed E-state index contributed by atoms with van der Waals surface area (Å²) in [6, 6.07) is 7.64. The smallest absolute Gasteiger partial charge is 0.202 e. The van der Waals surface area contributed by atoms with E-state index < -0.39 is 0 Å². The first-order valence-electron chi connectivity index (χ1n) is 4.55. The number of aromatic nitrogens is 1. The number of nitrogens with one attached hydrogen (secondary N) is 1. The van der Waals surface area contributed by atoms with Crippen molar-refractivity contribution < 1.29 is 9.53 Å². The van der Waals surface area contributed by atoms with E-state index in [0.717, 1.165) is 17.2 Å². The van der Waals surface area contributed by atoms with Crippen molar-refractivity contribution in [2.24, 2.45) is 0 Å². The monoisotopic (exact) mass is 189 g/mol. The number of hydrogen-bond donors (Lipinski definition) is 1. The van der Waals surface area contributed by atoms with Crippen LogP contribution in [0.2, 0.25) is 0 Å². The number of aromatic amines is 1. The second-order valence-corrected chi connectivity index (χ2v) is 2.96. The maximum Gasteiger partial charge on any atom is 0.202 e. The standard InChI is InChI=1S/C11H11NO2/c1-2-14-11-9(7-13)8-5-3-4-6-10(8)12-11/h3-7,12H,2H2,1H3. The molecule has 0 saturated carbocycles. The molecule has 0 aliphatic carbocycles. The Labute approximate surface area is 81.7 Å². The van der Waals surface area contributed by atoms with Crippen LogP contribution in [-0.2, 0) is 0 Å². The van der Waals surface area contributed by atoms with Crippen LogP contribution in [0.15, 0.2) is 24.3 Å². The molecule has 0 radical (unpaired) electrons. The average molecular weight is 189 g/mol. The van der Waals surface area contributed by atoms with Crippen molar-refractivity contribution in [2.75, 3.05) is 6.61 Å². The first-order chi connectivity index (χ1) is 6.86. The van der Waals surface area contributed by atoms with Crippen LogP contribution >= 0.6 is 0 Å². The lowest BCUT2D eigenvalue weighted by Crippen LogP contribution is -1.94. The molecule has 0 amide bonds. The third-order valence-corrected chi connectivity index (χ3v) is 2.12. The highest BCUT2D eigenvalue weighted by Gasteiger charge is 2.10. The molecule has 1 aromatic carbocycles. The molecule has 2 aromatic rings. The van der Waals surface area contributed by atoms with Crippen LogP contribution in [0.4, 0.5) is 0 Å². The van der Waals surface area contributed by atoms with Gasteiger partial charge in [-0.15, -0.1) is 0 Å². The summed E-state index contributed by atoms with van der Waals surface area (Å²) in [6.07, 6.45) is 0.823. The second-order valence-electron chi connectivity index (χ2n) is 2.96. The molecule has 3 heteroatoms. The summed E-state index contributed by atoms with van der Waals surface area (Å²) in [7, 11) is 0. The van der Waals surface area contributed by atoms with Gasteiger partial charge in [0.1, 0.15) is 0 Å². The highest BCUT2D eigenvalue weighted by Crippen LogP contribution is 2.25. The molecule has 1 N–H and O–H groups in total. The Bertz CT molecular complexity index is 459. The summed E-state index contributed by atoms with van der Waals surface area (Å²) < 4.78 is 5.33. The van der Waals surface area contributed by atoms with Crippen LogP contribution in [0.1, 0.15) is 17.3 Å². The predicted molar refractivity (Wildman–Crippen MR) is 54.9 cm³/mol. The van der Waals surface area contributed by atoms with Crippen molar-refractivity contribution in [3.63, 3.8) is 0 Å². The quantitative estimate of drug-likeness (QED) is 0.753. The first kappa shape index (κ1) is 8.81. The van der Waals surface area contributed by atoms with E-state index in [1.165, 1.54) is 0 Å². The third-order valence-electron chi connectivity index (χ3n) is 2.12. The molecule has 72 valence electrons. The van der Waals surface area contributed by atoms with E-state index in [2.05, 4.69) is 4.98 Å². The Morgan fingerprint density at radius 2 is 2.21 bits per heavy atom. The summed E-state index contributed by atoms with van der Waals surface area (Å²) in [4.78, 5) is 13.9. The number of carbonyl (C=O) groups is 1. The molecule has 0 aliphatic rings. The Hall–Kier alpha value is -1.77. The van der Waals surface area contributed by atoms with Crippen molar-refractivity contribution >= 4 is 17.2 Å². The maximum atomic E-state index is 10.9. The van der Waals surface area contributed by atoms with Gasteiger partial charge in [0.05, 0.1) is 12.2 Å². The van der Waals surface area contributed by atoms with Gasteiger partial charge in [-0.05, 0) is 13.0 Å². The van der Waals surface area contributed by atoms with E-state index in [1.807, 2.05) is 31.2 Å². The van der Waals surface area contributed by atoms with Crippen molar-refractivity contribution in [1.29, 1.82) is 0 Å². The molecule has 0 atom stereocenters. The van der Waals surface area contributed by atoms with Crippen LogP contribution in [0.25, 0.3) is 10.9 Å². The van der Waals surface area contributed by atoms with E-state index in [9.17, 15) is 4.79 Å². The number of hydrogen-bond acceptors (Lipinski definition) is 2. The predicted octanol–water partition coefficient (Wildman–Crippen LogP) is 2.38. The lowest BCUT2D eigenvalue weighted by atomic mass is 10.2. The number of fused-ring (bicyclic) bond motifs is 1. The topological polar surface area (TPSA) is 42.1 Å². The third kappa shape index (κ3) is 1.27. The summed E-state index contributed by atoms with van der Waals surface area (Å²) in [5, 5.41) is 0.908. The Balaban J connectivity index is 2.65. The normalized spacial score (nSPS) is 10.4. The van der Waals surface area contributed by atoms with Gasteiger partial charge < -0.3 is 9.72 Å². The van der Waals surface area contributed by atoms with Crippen LogP contribution in [0.3, 0.4) is 0 Å². The van der Waals surface area contributed by atoms with Crippen molar-refractivity contribution in [3.05, 3.63) is 29.8 Å². The molecular weight excluding hydrogens is 178 g/mol. The number of carbonyl (C=O) groups excluding carboxylic acids is 1. The number of aldehydes is 1. The lowest BCUT2D eigenvalue weighted by molar-refractivity contribution is 0.112. The minimum absolute atomic E-state index is 0.549. The summed E-state index contributed by atoms with van der Waals surface area (Å²) in [5.41, 5.74) is 1.53. The molecular formula is C11H11NO2. The van der Waals surface area contributed by atoms with E-state index in [1.54, 1.807) is 0 Å². The Kier molecular flexibility index (Phi) is 2.23. The maximum absolute atomic E-state index is 10.9. The Morgan fingerprint density at radius 3 is 2.93 bits per heavy atom. The molecule has 0 bridgehead atoms. The van der Waals surface area contributed by atoms with E-state index in [4.69, 9.17) is 4.74 Å². The molecule has 0 spiro atoms. The summed E-state index contributed by atoms with van der Waals surface area (Å²) in [6.45, 7) is 2.44. The molecule has 1 heterocycles. The van der Waals surface area contributed by atoms with Crippen LogP contribution < -0.4 is 4.74 Å².